The van der Waals surface area contributed by atoms with Crippen molar-refractivity contribution in [1.82, 2.24) is 19.3 Å². The van der Waals surface area contributed by atoms with E-state index in [1.54, 1.807) is 6.07 Å². The quantitative estimate of drug-likeness (QED) is 0.528. The van der Waals surface area contributed by atoms with Crippen molar-refractivity contribution in [2.75, 3.05) is 19.8 Å². The van der Waals surface area contributed by atoms with E-state index in [1.807, 2.05) is 31.2 Å². The van der Waals surface area contributed by atoms with Crippen molar-refractivity contribution >= 4 is 15.9 Å². The highest BCUT2D eigenvalue weighted by molar-refractivity contribution is 7.88. The minimum Gasteiger partial charge on any atom is -0.337 e. The maximum atomic E-state index is 13.9. The molecular weight excluding hydrogens is 423 g/mol. The summed E-state index contributed by atoms with van der Waals surface area (Å²) in [6, 6.07) is 13.4. The summed E-state index contributed by atoms with van der Waals surface area (Å²) in [7, 11) is -2.25. The van der Waals surface area contributed by atoms with Crippen LogP contribution in [-0.4, -0.2) is 53.5 Å². The van der Waals surface area contributed by atoms with Crippen LogP contribution < -0.4 is 0 Å². The lowest BCUT2D eigenvalue weighted by Crippen LogP contribution is -2.40. The molecule has 0 aliphatic carbocycles. The minimum atomic E-state index is -3.75. The first kappa shape index (κ1) is 22.6. The van der Waals surface area contributed by atoms with E-state index in [0.29, 0.717) is 5.82 Å². The molecule has 164 valence electrons. The molecule has 0 unspecified atom stereocenters. The van der Waals surface area contributed by atoms with Gasteiger partial charge >= 0.3 is 0 Å². The highest BCUT2D eigenvalue weighted by Gasteiger charge is 2.24. The number of carbonyl (C=O) groups is 1. The number of hydrogen-bond donors (Lipinski definition) is 0. The zero-order valence-corrected chi connectivity index (χ0v) is 18.3. The Hall–Kier alpha value is -3.11. The second-order valence-corrected chi connectivity index (χ2v) is 9.23. The highest BCUT2D eigenvalue weighted by Crippen LogP contribution is 2.17. The molecule has 3 rings (SSSR count). The fraction of sp³-hybridized carbons (Fsp3) is 0.286. The van der Waals surface area contributed by atoms with Crippen LogP contribution in [0.5, 0.6) is 0 Å². The van der Waals surface area contributed by atoms with E-state index in [2.05, 4.69) is 10.1 Å². The first-order valence-corrected chi connectivity index (χ1v) is 11.3. The summed E-state index contributed by atoms with van der Waals surface area (Å²) in [5, 5.41) is 3.92. The van der Waals surface area contributed by atoms with Crippen LogP contribution in [0.3, 0.4) is 0 Å². The standard InChI is InChI=1S/C21H23FN4O4S/c1-15-8-10-16(11-9-15)21-23-19(30-24-21)13-25(2)20(27)14-26(31(3,28)29)12-17-6-4-5-7-18(17)22/h4-11H,12-14H2,1-3H3. The average molecular weight is 447 g/mol. The lowest BCUT2D eigenvalue weighted by atomic mass is 10.1. The number of carbonyl (C=O) groups excluding carboxylic acids is 1. The number of sulfonamides is 1. The zero-order chi connectivity index (χ0) is 22.6. The van der Waals surface area contributed by atoms with Gasteiger partial charge in [0.25, 0.3) is 0 Å². The lowest BCUT2D eigenvalue weighted by Gasteiger charge is -2.23. The molecule has 1 amide bonds. The van der Waals surface area contributed by atoms with Crippen LogP contribution in [-0.2, 0) is 27.9 Å². The van der Waals surface area contributed by atoms with E-state index in [4.69, 9.17) is 4.52 Å². The van der Waals surface area contributed by atoms with Gasteiger partial charge < -0.3 is 9.42 Å². The molecule has 8 nitrogen and oxygen atoms in total. The van der Waals surface area contributed by atoms with Gasteiger partial charge in [-0.25, -0.2) is 12.8 Å². The van der Waals surface area contributed by atoms with Crippen molar-refractivity contribution < 1.29 is 22.1 Å². The van der Waals surface area contributed by atoms with Gasteiger partial charge in [0.05, 0.1) is 19.3 Å². The van der Waals surface area contributed by atoms with Crippen molar-refractivity contribution in [3.63, 3.8) is 0 Å². The van der Waals surface area contributed by atoms with Crippen LogP contribution in [0.25, 0.3) is 11.4 Å². The summed E-state index contributed by atoms with van der Waals surface area (Å²) >= 11 is 0. The number of benzene rings is 2. The second kappa shape index (κ2) is 9.36. The number of likely N-dealkylation sites (N-methyl/N-ethyl adjacent to an activating group) is 1. The van der Waals surface area contributed by atoms with Crippen LogP contribution >= 0.6 is 0 Å². The normalized spacial score (nSPS) is 11.6. The summed E-state index contributed by atoms with van der Waals surface area (Å²) < 4.78 is 44.4. The Morgan fingerprint density at radius 3 is 2.42 bits per heavy atom. The van der Waals surface area contributed by atoms with Crippen LogP contribution in [0.15, 0.2) is 53.1 Å². The van der Waals surface area contributed by atoms with Crippen LogP contribution in [0.2, 0.25) is 0 Å². The minimum absolute atomic E-state index is 0.00892. The second-order valence-electron chi connectivity index (χ2n) is 7.25. The third kappa shape index (κ3) is 5.96. The molecule has 0 saturated carbocycles. The Morgan fingerprint density at radius 1 is 1.10 bits per heavy atom. The van der Waals surface area contributed by atoms with Crippen molar-refractivity contribution in [2.45, 2.75) is 20.0 Å². The largest absolute Gasteiger partial charge is 0.337 e. The number of halogens is 1. The molecule has 0 radical (unpaired) electrons. The average Bonchev–Trinajstić information content (AvgIpc) is 3.17. The fourth-order valence-electron chi connectivity index (χ4n) is 2.81. The van der Waals surface area contributed by atoms with Crippen molar-refractivity contribution in [1.29, 1.82) is 0 Å². The van der Waals surface area contributed by atoms with Gasteiger partial charge in [-0.3, -0.25) is 4.79 Å². The number of rotatable bonds is 8. The third-order valence-electron chi connectivity index (χ3n) is 4.66. The molecule has 31 heavy (non-hydrogen) atoms. The Balaban J connectivity index is 1.67. The van der Waals surface area contributed by atoms with Crippen LogP contribution in [0.1, 0.15) is 17.0 Å². The number of nitrogens with zero attached hydrogens (tertiary/aromatic N) is 4. The van der Waals surface area contributed by atoms with Gasteiger partial charge in [0.2, 0.25) is 27.6 Å². The van der Waals surface area contributed by atoms with Gasteiger partial charge in [0.15, 0.2) is 0 Å². The van der Waals surface area contributed by atoms with E-state index < -0.39 is 28.3 Å². The molecule has 0 N–H and O–H groups in total. The molecule has 1 heterocycles. The Bertz CT molecular complexity index is 1160. The van der Waals surface area contributed by atoms with E-state index >= 15 is 0 Å². The maximum Gasteiger partial charge on any atom is 0.246 e. The van der Waals surface area contributed by atoms with Gasteiger partial charge in [-0.2, -0.15) is 9.29 Å². The van der Waals surface area contributed by atoms with E-state index in [0.717, 1.165) is 21.7 Å². The van der Waals surface area contributed by atoms with Gasteiger partial charge in [-0.05, 0) is 13.0 Å². The first-order valence-electron chi connectivity index (χ1n) is 9.45. The van der Waals surface area contributed by atoms with Gasteiger partial charge in [-0.1, -0.05) is 53.2 Å². The molecule has 3 aromatic rings. The third-order valence-corrected chi connectivity index (χ3v) is 5.86. The van der Waals surface area contributed by atoms with E-state index in [-0.39, 0.29) is 24.5 Å². The molecule has 0 aliphatic heterocycles. The highest BCUT2D eigenvalue weighted by atomic mass is 32.2. The number of amides is 1. The lowest BCUT2D eigenvalue weighted by molar-refractivity contribution is -0.131. The predicted octanol–water partition coefficient (Wildman–Crippen LogP) is 2.60. The molecule has 0 saturated heterocycles. The Morgan fingerprint density at radius 2 is 1.77 bits per heavy atom. The molecule has 0 atom stereocenters. The van der Waals surface area contributed by atoms with Crippen LogP contribution in [0, 0.1) is 12.7 Å². The summed E-state index contributed by atoms with van der Waals surface area (Å²) in [6.07, 6.45) is 0.979. The molecule has 0 bridgehead atoms. The number of hydrogen-bond acceptors (Lipinski definition) is 6. The van der Waals surface area contributed by atoms with Gasteiger partial charge in [-0.15, -0.1) is 0 Å². The topological polar surface area (TPSA) is 96.6 Å². The smallest absolute Gasteiger partial charge is 0.246 e. The summed E-state index contributed by atoms with van der Waals surface area (Å²) in [4.78, 5) is 18.2. The summed E-state index contributed by atoms with van der Waals surface area (Å²) in [5.41, 5.74) is 2.06. The molecule has 0 spiro atoms. The van der Waals surface area contributed by atoms with Crippen molar-refractivity contribution in [3.05, 3.63) is 71.4 Å². The summed E-state index contributed by atoms with van der Waals surface area (Å²) in [5.74, 6) is -0.414. The Labute approximate surface area is 180 Å². The maximum absolute atomic E-state index is 13.9. The Kier molecular flexibility index (Phi) is 6.81. The van der Waals surface area contributed by atoms with Crippen molar-refractivity contribution in [2.24, 2.45) is 0 Å². The van der Waals surface area contributed by atoms with Crippen LogP contribution in [0.4, 0.5) is 4.39 Å². The molecule has 0 aliphatic rings. The molecule has 10 heteroatoms. The van der Waals surface area contributed by atoms with Crippen molar-refractivity contribution in [3.8, 4) is 11.4 Å². The number of aromatic nitrogens is 2. The SMILES string of the molecule is Cc1ccc(-c2noc(CN(C)C(=O)CN(Cc3ccccc3F)S(C)(=O)=O)n2)cc1. The van der Waals surface area contributed by atoms with E-state index in [9.17, 15) is 17.6 Å². The summed E-state index contributed by atoms with van der Waals surface area (Å²) in [6.45, 7) is 1.29. The molecule has 2 aromatic carbocycles. The molecule has 0 fully saturated rings. The first-order chi connectivity index (χ1) is 14.6. The monoisotopic (exact) mass is 446 g/mol. The van der Waals surface area contributed by atoms with Gasteiger partial charge in [0.1, 0.15) is 5.82 Å². The molecular formula is C21H23FN4O4S. The number of aryl methyl sites for hydroxylation is 1. The van der Waals surface area contributed by atoms with E-state index in [1.165, 1.54) is 30.1 Å². The van der Waals surface area contributed by atoms with Gasteiger partial charge in [0, 0.05) is 24.7 Å². The molecule has 1 aromatic heterocycles. The zero-order valence-electron chi connectivity index (χ0n) is 17.4. The fourth-order valence-corrected chi connectivity index (χ4v) is 3.53. The predicted molar refractivity (Wildman–Crippen MR) is 113 cm³/mol.